The molecule has 0 saturated heterocycles. The van der Waals surface area contributed by atoms with Crippen LogP contribution in [0.1, 0.15) is 46.0 Å². The summed E-state index contributed by atoms with van der Waals surface area (Å²) in [6.45, 7) is 7.70. The summed E-state index contributed by atoms with van der Waals surface area (Å²) in [6, 6.07) is 0. The molecule has 0 aromatic heterocycles. The normalized spacial score (nSPS) is 9.36. The first kappa shape index (κ1) is 13.0. The second kappa shape index (κ2) is 8.56. The Morgan fingerprint density at radius 1 is 1.43 bits per heavy atom. The number of unbranched alkanes of at least 4 members (excludes halogenated alkanes) is 2. The van der Waals surface area contributed by atoms with Crippen LogP contribution in [0.3, 0.4) is 0 Å². The Kier molecular flexibility index (Phi) is 7.93. The first-order valence-corrected chi connectivity index (χ1v) is 5.27. The molecule has 0 aliphatic heterocycles. The van der Waals surface area contributed by atoms with E-state index in [4.69, 9.17) is 0 Å². The standard InChI is InChI=1S/C13H20O/c1-4-5-6-7-10-13(14)11-8-9-12(2)3/h4,12H,1,5-7,10-11H2,2-3H3. The fraction of sp³-hybridized carbons (Fsp3) is 0.615. The van der Waals surface area contributed by atoms with Crippen molar-refractivity contribution in [3.05, 3.63) is 12.7 Å². The number of rotatable bonds is 6. The van der Waals surface area contributed by atoms with Gasteiger partial charge in [-0.2, -0.15) is 0 Å². The lowest BCUT2D eigenvalue weighted by atomic mass is 10.1. The maximum atomic E-state index is 11.3. The number of carbonyl (C=O) groups excluding carboxylic acids is 1. The predicted molar refractivity (Wildman–Crippen MR) is 60.9 cm³/mol. The molecule has 0 N–H and O–H groups in total. The van der Waals surface area contributed by atoms with E-state index < -0.39 is 0 Å². The van der Waals surface area contributed by atoms with Crippen LogP contribution in [0.5, 0.6) is 0 Å². The molecule has 0 amide bonds. The van der Waals surface area contributed by atoms with Gasteiger partial charge in [0.05, 0.1) is 6.42 Å². The average Bonchev–Trinajstić information content (AvgIpc) is 2.12. The first-order chi connectivity index (χ1) is 6.66. The van der Waals surface area contributed by atoms with Gasteiger partial charge >= 0.3 is 0 Å². The molecule has 0 saturated carbocycles. The van der Waals surface area contributed by atoms with Crippen molar-refractivity contribution >= 4 is 5.78 Å². The number of carbonyl (C=O) groups is 1. The van der Waals surface area contributed by atoms with Crippen LogP contribution in [0.4, 0.5) is 0 Å². The SMILES string of the molecule is C=CCCCCC(=O)CC#CC(C)C. The van der Waals surface area contributed by atoms with E-state index in [1.165, 1.54) is 0 Å². The first-order valence-electron chi connectivity index (χ1n) is 5.27. The van der Waals surface area contributed by atoms with Crippen molar-refractivity contribution in [3.63, 3.8) is 0 Å². The molecule has 0 heterocycles. The van der Waals surface area contributed by atoms with Gasteiger partial charge in [-0.05, 0) is 19.3 Å². The summed E-state index contributed by atoms with van der Waals surface area (Å²) >= 11 is 0. The maximum absolute atomic E-state index is 11.3. The molecule has 0 atom stereocenters. The predicted octanol–water partition coefficient (Wildman–Crippen LogP) is 3.35. The van der Waals surface area contributed by atoms with Crippen LogP contribution in [0.25, 0.3) is 0 Å². The Labute approximate surface area is 87.6 Å². The molecule has 78 valence electrons. The second-order valence-electron chi connectivity index (χ2n) is 3.73. The molecule has 0 aliphatic carbocycles. The van der Waals surface area contributed by atoms with Gasteiger partial charge in [-0.1, -0.05) is 25.8 Å². The summed E-state index contributed by atoms with van der Waals surface area (Å²) < 4.78 is 0. The molecule has 0 aromatic rings. The highest BCUT2D eigenvalue weighted by atomic mass is 16.1. The lowest BCUT2D eigenvalue weighted by molar-refractivity contribution is -0.118. The van der Waals surface area contributed by atoms with E-state index in [0.717, 1.165) is 19.3 Å². The third-order valence-corrected chi connectivity index (χ3v) is 1.79. The largest absolute Gasteiger partial charge is 0.299 e. The quantitative estimate of drug-likeness (QED) is 0.358. The van der Waals surface area contributed by atoms with Crippen LogP contribution >= 0.6 is 0 Å². The number of hydrogen-bond acceptors (Lipinski definition) is 1. The van der Waals surface area contributed by atoms with Crippen molar-refractivity contribution in [3.8, 4) is 11.8 Å². The van der Waals surface area contributed by atoms with Crippen molar-refractivity contribution in [1.29, 1.82) is 0 Å². The number of allylic oxidation sites excluding steroid dienone is 1. The minimum absolute atomic E-state index is 0.266. The molecule has 1 heteroatoms. The molecular formula is C13H20O. The van der Waals surface area contributed by atoms with Gasteiger partial charge in [0.25, 0.3) is 0 Å². The Bertz CT molecular complexity index is 227. The zero-order chi connectivity index (χ0) is 10.8. The molecule has 0 spiro atoms. The molecule has 0 radical (unpaired) electrons. The Morgan fingerprint density at radius 3 is 2.71 bits per heavy atom. The lowest BCUT2D eigenvalue weighted by Gasteiger charge is -1.95. The zero-order valence-electron chi connectivity index (χ0n) is 9.31. The molecule has 0 aliphatic rings. The zero-order valence-corrected chi connectivity index (χ0v) is 9.31. The minimum Gasteiger partial charge on any atom is -0.299 e. The van der Waals surface area contributed by atoms with Crippen molar-refractivity contribution in [2.45, 2.75) is 46.0 Å². The molecule has 0 unspecified atom stereocenters. The van der Waals surface area contributed by atoms with Gasteiger partial charge in [0.15, 0.2) is 0 Å². The molecule has 0 fully saturated rings. The van der Waals surface area contributed by atoms with Gasteiger partial charge in [-0.25, -0.2) is 0 Å². The summed E-state index contributed by atoms with van der Waals surface area (Å²) in [4.78, 5) is 11.3. The molecule has 0 aromatic carbocycles. The van der Waals surface area contributed by atoms with Gasteiger partial charge in [-0.15, -0.1) is 12.5 Å². The topological polar surface area (TPSA) is 17.1 Å². The van der Waals surface area contributed by atoms with E-state index in [0.29, 0.717) is 18.8 Å². The summed E-state index contributed by atoms with van der Waals surface area (Å²) in [7, 11) is 0. The monoisotopic (exact) mass is 192 g/mol. The van der Waals surface area contributed by atoms with Crippen molar-refractivity contribution < 1.29 is 4.79 Å². The molecule has 14 heavy (non-hydrogen) atoms. The van der Waals surface area contributed by atoms with Crippen LogP contribution in [0, 0.1) is 17.8 Å². The van der Waals surface area contributed by atoms with Crippen molar-refractivity contribution in [2.24, 2.45) is 5.92 Å². The smallest absolute Gasteiger partial charge is 0.144 e. The highest BCUT2D eigenvalue weighted by Crippen LogP contribution is 2.02. The molecule has 0 bridgehead atoms. The van der Waals surface area contributed by atoms with Crippen LogP contribution in [0.15, 0.2) is 12.7 Å². The van der Waals surface area contributed by atoms with E-state index in [1.807, 2.05) is 19.9 Å². The second-order valence-corrected chi connectivity index (χ2v) is 3.73. The summed E-state index contributed by atoms with van der Waals surface area (Å²) in [5.74, 6) is 6.53. The van der Waals surface area contributed by atoms with E-state index in [1.54, 1.807) is 0 Å². The number of hydrogen-bond donors (Lipinski definition) is 0. The highest BCUT2D eigenvalue weighted by Gasteiger charge is 1.98. The third kappa shape index (κ3) is 9.06. The van der Waals surface area contributed by atoms with Crippen LogP contribution < -0.4 is 0 Å². The van der Waals surface area contributed by atoms with Crippen LogP contribution in [0.2, 0.25) is 0 Å². The fourth-order valence-electron chi connectivity index (χ4n) is 1.05. The molecule has 0 rings (SSSR count). The van der Waals surface area contributed by atoms with Crippen LogP contribution in [-0.2, 0) is 4.79 Å². The van der Waals surface area contributed by atoms with E-state index >= 15 is 0 Å². The lowest BCUT2D eigenvalue weighted by Crippen LogP contribution is -1.95. The fourth-order valence-corrected chi connectivity index (χ4v) is 1.05. The molecule has 1 nitrogen and oxygen atoms in total. The average molecular weight is 192 g/mol. The summed E-state index contributed by atoms with van der Waals surface area (Å²) in [5.41, 5.74) is 0. The van der Waals surface area contributed by atoms with Gasteiger partial charge < -0.3 is 0 Å². The minimum atomic E-state index is 0.266. The van der Waals surface area contributed by atoms with Gasteiger partial charge in [-0.3, -0.25) is 4.79 Å². The maximum Gasteiger partial charge on any atom is 0.144 e. The van der Waals surface area contributed by atoms with Gasteiger partial charge in [0, 0.05) is 12.3 Å². The van der Waals surface area contributed by atoms with E-state index in [9.17, 15) is 4.79 Å². The Hall–Kier alpha value is -1.03. The Balaban J connectivity index is 3.47. The summed E-state index contributed by atoms with van der Waals surface area (Å²) in [5, 5.41) is 0. The number of Topliss-reactive ketones (excluding diaryl/α,β-unsaturated/α-hetero) is 1. The van der Waals surface area contributed by atoms with Gasteiger partial charge in [0.1, 0.15) is 5.78 Å². The molecular weight excluding hydrogens is 172 g/mol. The van der Waals surface area contributed by atoms with E-state index in [2.05, 4.69) is 18.4 Å². The third-order valence-electron chi connectivity index (χ3n) is 1.79. The van der Waals surface area contributed by atoms with Gasteiger partial charge in [0.2, 0.25) is 0 Å². The number of ketones is 1. The van der Waals surface area contributed by atoms with E-state index in [-0.39, 0.29) is 5.78 Å². The Morgan fingerprint density at radius 2 is 2.14 bits per heavy atom. The van der Waals surface area contributed by atoms with Crippen molar-refractivity contribution in [1.82, 2.24) is 0 Å². The summed E-state index contributed by atoms with van der Waals surface area (Å²) in [6.07, 6.45) is 6.02. The van der Waals surface area contributed by atoms with Crippen LogP contribution in [-0.4, -0.2) is 5.78 Å². The highest BCUT2D eigenvalue weighted by molar-refractivity contribution is 5.80. The van der Waals surface area contributed by atoms with Crippen molar-refractivity contribution in [2.75, 3.05) is 0 Å².